The van der Waals surface area contributed by atoms with E-state index in [-0.39, 0.29) is 29.6 Å². The Morgan fingerprint density at radius 1 is 0.783 bits per heavy atom. The molecule has 1 saturated heterocycles. The first-order chi connectivity index (χ1) is 22.4. The van der Waals surface area contributed by atoms with Gasteiger partial charge in [0.1, 0.15) is 11.4 Å². The van der Waals surface area contributed by atoms with Gasteiger partial charge in [-0.3, -0.25) is 9.80 Å². The fraction of sp³-hybridized carbons (Fsp3) is 0.647. The lowest BCUT2D eigenvalue weighted by atomic mass is 10.0. The Morgan fingerprint density at radius 2 is 1.35 bits per heavy atom. The first kappa shape index (κ1) is 37.5. The number of carboxylic acids is 2. The van der Waals surface area contributed by atoms with Gasteiger partial charge < -0.3 is 29.2 Å². The van der Waals surface area contributed by atoms with Crippen LogP contribution in [0.5, 0.6) is 0 Å². The van der Waals surface area contributed by atoms with E-state index in [1.54, 1.807) is 12.1 Å². The third kappa shape index (κ3) is 12.7. The standard InChI is InChI=1S/C34H52N4O8/c1-4-7-14-30(27-11-9-13-29(36-27)34(41)42)38-17-20-44-24-23-43-19-15-37(25-26-10-8-12-28(35-26)33(39)40)16-21-45-31(5-2)32(6-3)46-22-18-38/h8-13,30-32H,4-7,14-25H2,1-3H3,(H,39,40)(H,41,42). The summed E-state index contributed by atoms with van der Waals surface area (Å²) in [6.45, 7) is 12.2. The Hall–Kier alpha value is -3.00. The second-order valence-corrected chi connectivity index (χ2v) is 11.4. The minimum absolute atomic E-state index is 0.0258. The molecule has 3 atom stereocenters. The maximum Gasteiger partial charge on any atom is 0.354 e. The third-order valence-corrected chi connectivity index (χ3v) is 8.13. The van der Waals surface area contributed by atoms with E-state index >= 15 is 0 Å². The molecule has 256 valence electrons. The van der Waals surface area contributed by atoms with Gasteiger partial charge in [-0.25, -0.2) is 19.6 Å². The monoisotopic (exact) mass is 644 g/mol. The molecule has 3 rings (SSSR count). The quantitative estimate of drug-likeness (QED) is 0.354. The van der Waals surface area contributed by atoms with Crippen molar-refractivity contribution in [2.75, 3.05) is 65.8 Å². The number of ether oxygens (including phenoxy) is 4. The topological polar surface area (TPSA) is 144 Å². The molecule has 0 aromatic carbocycles. The lowest BCUT2D eigenvalue weighted by Gasteiger charge is -2.33. The Kier molecular flexibility index (Phi) is 17.1. The van der Waals surface area contributed by atoms with Crippen molar-refractivity contribution in [2.24, 2.45) is 0 Å². The van der Waals surface area contributed by atoms with Crippen LogP contribution in [-0.4, -0.2) is 120 Å². The number of pyridine rings is 2. The Labute approximate surface area is 273 Å². The molecule has 2 N–H and O–H groups in total. The highest BCUT2D eigenvalue weighted by molar-refractivity contribution is 5.85. The smallest absolute Gasteiger partial charge is 0.354 e. The fourth-order valence-corrected chi connectivity index (χ4v) is 5.61. The van der Waals surface area contributed by atoms with Crippen LogP contribution in [0.15, 0.2) is 36.4 Å². The van der Waals surface area contributed by atoms with Crippen LogP contribution in [-0.2, 0) is 25.5 Å². The minimum atomic E-state index is -1.05. The van der Waals surface area contributed by atoms with Gasteiger partial charge in [0.25, 0.3) is 0 Å². The molecule has 46 heavy (non-hydrogen) atoms. The van der Waals surface area contributed by atoms with Crippen LogP contribution in [0, 0.1) is 0 Å². The van der Waals surface area contributed by atoms with E-state index < -0.39 is 11.9 Å². The van der Waals surface area contributed by atoms with E-state index in [0.717, 1.165) is 37.8 Å². The Morgan fingerprint density at radius 3 is 1.98 bits per heavy atom. The SMILES string of the molecule is CCCCC(c1cccc(C(=O)O)n1)N1CCOCCOCCN(Cc2cccc(C(=O)O)n2)CCOC(CC)C(CC)OCC1. The molecule has 0 radical (unpaired) electrons. The van der Waals surface area contributed by atoms with Gasteiger partial charge in [-0.05, 0) is 43.5 Å². The van der Waals surface area contributed by atoms with E-state index in [2.05, 4.69) is 40.5 Å². The summed E-state index contributed by atoms with van der Waals surface area (Å²) < 4.78 is 24.7. The average molecular weight is 645 g/mol. The van der Waals surface area contributed by atoms with Crippen molar-refractivity contribution in [3.63, 3.8) is 0 Å². The molecule has 0 spiro atoms. The maximum absolute atomic E-state index is 11.7. The number of nitrogens with zero attached hydrogens (tertiary/aromatic N) is 4. The van der Waals surface area contributed by atoms with Crippen molar-refractivity contribution in [1.29, 1.82) is 0 Å². The number of carbonyl (C=O) groups is 2. The molecule has 0 bridgehead atoms. The molecular formula is C34H52N4O8. The molecule has 0 amide bonds. The number of carboxylic acid groups (broad SMARTS) is 2. The largest absolute Gasteiger partial charge is 0.477 e. The molecule has 1 aliphatic rings. The van der Waals surface area contributed by atoms with Gasteiger partial charge in [-0.1, -0.05) is 45.7 Å². The summed E-state index contributed by atoms with van der Waals surface area (Å²) in [6.07, 6.45) is 4.27. The van der Waals surface area contributed by atoms with E-state index in [0.29, 0.717) is 78.1 Å². The van der Waals surface area contributed by atoms with Crippen LogP contribution in [0.3, 0.4) is 0 Å². The summed E-state index contributed by atoms with van der Waals surface area (Å²) in [6, 6.07) is 10.2. The van der Waals surface area contributed by atoms with E-state index in [9.17, 15) is 19.8 Å². The summed E-state index contributed by atoms with van der Waals surface area (Å²) in [5.74, 6) is -2.08. The van der Waals surface area contributed by atoms with Gasteiger partial charge in [0.15, 0.2) is 0 Å². The molecule has 2 aromatic heterocycles. The number of aromatic carboxylic acids is 2. The maximum atomic E-state index is 11.7. The Bertz CT molecular complexity index is 1190. The number of hydrogen-bond acceptors (Lipinski definition) is 10. The van der Waals surface area contributed by atoms with Gasteiger partial charge in [0.05, 0.1) is 69.3 Å². The van der Waals surface area contributed by atoms with Crippen molar-refractivity contribution in [3.05, 3.63) is 59.2 Å². The van der Waals surface area contributed by atoms with Gasteiger partial charge >= 0.3 is 11.9 Å². The van der Waals surface area contributed by atoms with E-state index in [1.165, 1.54) is 12.1 Å². The molecule has 3 heterocycles. The highest BCUT2D eigenvalue weighted by Gasteiger charge is 2.25. The molecule has 1 fully saturated rings. The fourth-order valence-electron chi connectivity index (χ4n) is 5.61. The van der Waals surface area contributed by atoms with Crippen molar-refractivity contribution in [2.45, 2.75) is 77.7 Å². The summed E-state index contributed by atoms with van der Waals surface area (Å²) in [7, 11) is 0. The second-order valence-electron chi connectivity index (χ2n) is 11.4. The normalized spacial score (nSPS) is 21.2. The predicted octanol–water partition coefficient (Wildman–Crippen LogP) is 4.55. The third-order valence-electron chi connectivity index (χ3n) is 8.13. The summed E-state index contributed by atoms with van der Waals surface area (Å²) >= 11 is 0. The number of aromatic nitrogens is 2. The lowest BCUT2D eigenvalue weighted by Crippen LogP contribution is -2.39. The van der Waals surface area contributed by atoms with Crippen molar-refractivity contribution >= 4 is 11.9 Å². The molecular weight excluding hydrogens is 592 g/mol. The summed E-state index contributed by atoms with van der Waals surface area (Å²) in [5, 5.41) is 18.9. The van der Waals surface area contributed by atoms with Crippen molar-refractivity contribution in [1.82, 2.24) is 19.8 Å². The highest BCUT2D eigenvalue weighted by Crippen LogP contribution is 2.26. The van der Waals surface area contributed by atoms with Gasteiger partial charge in [-0.15, -0.1) is 0 Å². The number of unbranched alkanes of at least 4 members (excludes halogenated alkanes) is 1. The van der Waals surface area contributed by atoms with Gasteiger partial charge in [-0.2, -0.15) is 0 Å². The van der Waals surface area contributed by atoms with E-state index in [4.69, 9.17) is 18.9 Å². The van der Waals surface area contributed by atoms with Crippen LogP contribution in [0.25, 0.3) is 0 Å². The molecule has 0 aliphatic carbocycles. The molecule has 12 heteroatoms. The molecule has 0 saturated carbocycles. The van der Waals surface area contributed by atoms with Gasteiger partial charge in [0, 0.05) is 32.7 Å². The van der Waals surface area contributed by atoms with Crippen LogP contribution < -0.4 is 0 Å². The molecule has 3 unspecified atom stereocenters. The summed E-state index contributed by atoms with van der Waals surface area (Å²) in [5.41, 5.74) is 1.49. The van der Waals surface area contributed by atoms with Gasteiger partial charge in [0.2, 0.25) is 0 Å². The number of rotatable bonds is 11. The van der Waals surface area contributed by atoms with Crippen LogP contribution in [0.2, 0.25) is 0 Å². The number of hydrogen-bond donors (Lipinski definition) is 2. The molecule has 1 aliphatic heterocycles. The zero-order chi connectivity index (χ0) is 33.1. The van der Waals surface area contributed by atoms with Crippen molar-refractivity contribution < 1.29 is 38.7 Å². The Balaban J connectivity index is 1.72. The van der Waals surface area contributed by atoms with Crippen LogP contribution in [0.1, 0.15) is 91.3 Å². The van der Waals surface area contributed by atoms with Crippen LogP contribution in [0.4, 0.5) is 0 Å². The first-order valence-electron chi connectivity index (χ1n) is 16.6. The van der Waals surface area contributed by atoms with E-state index in [1.807, 2.05) is 12.1 Å². The average Bonchev–Trinajstić information content (AvgIpc) is 3.06. The summed E-state index contributed by atoms with van der Waals surface area (Å²) in [4.78, 5) is 36.3. The minimum Gasteiger partial charge on any atom is -0.477 e. The predicted molar refractivity (Wildman–Crippen MR) is 173 cm³/mol. The second kappa shape index (κ2) is 21.0. The molecule has 12 nitrogen and oxygen atoms in total. The first-order valence-corrected chi connectivity index (χ1v) is 16.6. The highest BCUT2D eigenvalue weighted by atomic mass is 16.5. The lowest BCUT2D eigenvalue weighted by molar-refractivity contribution is -0.0860. The van der Waals surface area contributed by atoms with Crippen molar-refractivity contribution in [3.8, 4) is 0 Å². The zero-order valence-corrected chi connectivity index (χ0v) is 27.6. The van der Waals surface area contributed by atoms with Crippen LogP contribution >= 0.6 is 0 Å². The zero-order valence-electron chi connectivity index (χ0n) is 27.6. The molecule has 2 aromatic rings.